The van der Waals surface area contributed by atoms with Crippen LogP contribution in [-0.2, 0) is 5.41 Å². The van der Waals surface area contributed by atoms with Crippen LogP contribution in [0.3, 0.4) is 0 Å². The SMILES string of the molecule is c1ccc(-c2cc(-c3cccc(-c4cccc(-c5cccc6c5-c5cc7ccccc7cc5C65C6CC7CC(C6)CC5C7)c4)c3)nc(-c3ccccc3)n2)cc1. The molecule has 1 spiro atoms. The van der Waals surface area contributed by atoms with Crippen molar-refractivity contribution in [3.8, 4) is 67.3 Å². The Balaban J connectivity index is 0.988. The smallest absolute Gasteiger partial charge is 0.160 e. The molecular formula is C54H42N2. The van der Waals surface area contributed by atoms with E-state index in [9.17, 15) is 0 Å². The standard InChI is InChI=1S/C54H42N2/c1-3-12-36(13-4-1)50-33-51(56-53(55-50)37-14-5-2-6-15-37)43-21-10-19-39(30-43)38-18-9-20-42(29-38)46-22-11-23-48-52(46)47-31-40-16-7-8-17-41(40)32-49(47)54(48)44-25-34-24-35(27-44)28-45(54)26-34/h1-23,29-35,44-45H,24-28H2. The van der Waals surface area contributed by atoms with Gasteiger partial charge in [0.2, 0.25) is 0 Å². The number of nitrogens with zero attached hydrogens (tertiary/aromatic N) is 2. The highest BCUT2D eigenvalue weighted by Gasteiger charge is 2.61. The van der Waals surface area contributed by atoms with E-state index in [1.54, 1.807) is 11.1 Å². The normalized spacial score (nSPS) is 22.7. The summed E-state index contributed by atoms with van der Waals surface area (Å²) in [5.41, 5.74) is 16.3. The van der Waals surface area contributed by atoms with Gasteiger partial charge in [-0.15, -0.1) is 0 Å². The van der Waals surface area contributed by atoms with Crippen molar-refractivity contribution in [2.24, 2.45) is 23.7 Å². The van der Waals surface area contributed by atoms with Crippen molar-refractivity contribution in [2.45, 2.75) is 37.5 Å². The molecule has 4 fully saturated rings. The van der Waals surface area contributed by atoms with Gasteiger partial charge < -0.3 is 0 Å². The largest absolute Gasteiger partial charge is 0.228 e. The Morgan fingerprint density at radius 3 is 1.61 bits per heavy atom. The minimum Gasteiger partial charge on any atom is -0.228 e. The van der Waals surface area contributed by atoms with E-state index >= 15 is 0 Å². The number of rotatable bonds is 5. The van der Waals surface area contributed by atoms with Gasteiger partial charge in [-0.05, 0) is 141 Å². The highest BCUT2D eigenvalue weighted by molar-refractivity contribution is 5.99. The lowest BCUT2D eigenvalue weighted by atomic mass is 9.43. The zero-order valence-electron chi connectivity index (χ0n) is 31.4. The van der Waals surface area contributed by atoms with Crippen LogP contribution in [0, 0.1) is 23.7 Å². The Bertz CT molecular complexity index is 2730. The molecule has 0 N–H and O–H groups in total. The summed E-state index contributed by atoms with van der Waals surface area (Å²) < 4.78 is 0. The first kappa shape index (κ1) is 32.2. The van der Waals surface area contributed by atoms with Crippen molar-refractivity contribution in [2.75, 3.05) is 0 Å². The second-order valence-electron chi connectivity index (χ2n) is 17.0. The summed E-state index contributed by atoms with van der Waals surface area (Å²) in [5.74, 6) is 4.04. The van der Waals surface area contributed by atoms with Gasteiger partial charge in [-0.25, -0.2) is 9.97 Å². The number of benzene rings is 7. The summed E-state index contributed by atoms with van der Waals surface area (Å²) in [4.78, 5) is 10.2. The topological polar surface area (TPSA) is 25.8 Å². The van der Waals surface area contributed by atoms with E-state index in [1.165, 1.54) is 76.3 Å². The average molecular weight is 719 g/mol. The molecule has 0 radical (unpaired) electrons. The fourth-order valence-electron chi connectivity index (χ4n) is 12.0. The van der Waals surface area contributed by atoms with Gasteiger partial charge in [0.15, 0.2) is 5.82 Å². The summed E-state index contributed by atoms with van der Waals surface area (Å²) in [6.07, 6.45) is 7.03. The van der Waals surface area contributed by atoms with E-state index in [4.69, 9.17) is 9.97 Å². The Morgan fingerprint density at radius 2 is 0.911 bits per heavy atom. The predicted octanol–water partition coefficient (Wildman–Crippen LogP) is 13.7. The van der Waals surface area contributed by atoms with Crippen LogP contribution in [0.4, 0.5) is 0 Å². The van der Waals surface area contributed by atoms with Gasteiger partial charge in [0.1, 0.15) is 0 Å². The fourth-order valence-corrected chi connectivity index (χ4v) is 12.0. The second-order valence-corrected chi connectivity index (χ2v) is 17.0. The summed E-state index contributed by atoms with van der Waals surface area (Å²) >= 11 is 0. The average Bonchev–Trinajstić information content (AvgIpc) is 3.54. The van der Waals surface area contributed by atoms with Crippen LogP contribution >= 0.6 is 0 Å². The highest BCUT2D eigenvalue weighted by Crippen LogP contribution is 2.70. The number of hydrogen-bond acceptors (Lipinski definition) is 2. The van der Waals surface area contributed by atoms with Gasteiger partial charge >= 0.3 is 0 Å². The number of hydrogen-bond donors (Lipinski definition) is 0. The molecule has 8 aromatic rings. The van der Waals surface area contributed by atoms with E-state index < -0.39 is 0 Å². The molecule has 13 rings (SSSR count). The van der Waals surface area contributed by atoms with Gasteiger partial charge in [-0.3, -0.25) is 0 Å². The summed E-state index contributed by atoms with van der Waals surface area (Å²) in [7, 11) is 0. The maximum atomic E-state index is 5.14. The van der Waals surface area contributed by atoms with E-state index in [0.29, 0.717) is 0 Å². The molecule has 7 aromatic carbocycles. The highest BCUT2D eigenvalue weighted by atomic mass is 14.9. The van der Waals surface area contributed by atoms with Crippen molar-refractivity contribution < 1.29 is 0 Å². The Kier molecular flexibility index (Phi) is 7.15. The van der Waals surface area contributed by atoms with Crippen molar-refractivity contribution in [1.29, 1.82) is 0 Å². The van der Waals surface area contributed by atoms with Crippen LogP contribution in [0.5, 0.6) is 0 Å². The number of aromatic nitrogens is 2. The Labute approximate surface area is 329 Å². The lowest BCUT2D eigenvalue weighted by molar-refractivity contribution is -0.0398. The molecule has 0 saturated heterocycles. The molecule has 56 heavy (non-hydrogen) atoms. The third-order valence-electron chi connectivity index (χ3n) is 14.0. The van der Waals surface area contributed by atoms with Crippen molar-refractivity contribution >= 4 is 10.8 Å². The van der Waals surface area contributed by atoms with Crippen LogP contribution in [0.25, 0.3) is 78.1 Å². The maximum Gasteiger partial charge on any atom is 0.160 e. The zero-order valence-corrected chi connectivity index (χ0v) is 31.4. The quantitative estimate of drug-likeness (QED) is 0.177. The molecule has 4 bridgehead atoms. The molecular weight excluding hydrogens is 677 g/mol. The lowest BCUT2D eigenvalue weighted by Crippen LogP contribution is -2.55. The first-order valence-corrected chi connectivity index (χ1v) is 20.6. The molecule has 4 saturated carbocycles. The first-order valence-electron chi connectivity index (χ1n) is 20.6. The Morgan fingerprint density at radius 1 is 0.375 bits per heavy atom. The number of fused-ring (bicyclic) bond motifs is 4. The summed E-state index contributed by atoms with van der Waals surface area (Å²) in [6, 6.07) is 62.4. The molecule has 2 nitrogen and oxygen atoms in total. The molecule has 0 unspecified atom stereocenters. The summed E-state index contributed by atoms with van der Waals surface area (Å²) in [5, 5.41) is 2.72. The molecule has 5 aliphatic rings. The molecule has 0 amide bonds. The van der Waals surface area contributed by atoms with Crippen LogP contribution < -0.4 is 0 Å². The van der Waals surface area contributed by atoms with Gasteiger partial charge in [0, 0.05) is 22.1 Å². The van der Waals surface area contributed by atoms with Crippen LogP contribution in [0.1, 0.15) is 43.2 Å². The predicted molar refractivity (Wildman–Crippen MR) is 230 cm³/mol. The van der Waals surface area contributed by atoms with Gasteiger partial charge in [0.25, 0.3) is 0 Å². The van der Waals surface area contributed by atoms with Crippen molar-refractivity contribution in [3.63, 3.8) is 0 Å². The lowest BCUT2D eigenvalue weighted by Gasteiger charge is -2.61. The van der Waals surface area contributed by atoms with Gasteiger partial charge in [-0.1, -0.05) is 140 Å². The fraction of sp³-hybridized carbons (Fsp3) is 0.185. The zero-order chi connectivity index (χ0) is 36.8. The Hall–Kier alpha value is -6.12. The van der Waals surface area contributed by atoms with Crippen molar-refractivity contribution in [1.82, 2.24) is 9.97 Å². The molecule has 268 valence electrons. The third kappa shape index (κ3) is 4.88. The second kappa shape index (κ2) is 12.4. The van der Waals surface area contributed by atoms with E-state index in [2.05, 4.69) is 146 Å². The van der Waals surface area contributed by atoms with E-state index in [-0.39, 0.29) is 5.41 Å². The third-order valence-corrected chi connectivity index (χ3v) is 14.0. The van der Waals surface area contributed by atoms with E-state index in [0.717, 1.165) is 57.6 Å². The van der Waals surface area contributed by atoms with Gasteiger partial charge in [-0.2, -0.15) is 0 Å². The molecule has 1 aromatic heterocycles. The van der Waals surface area contributed by atoms with Crippen LogP contribution in [0.2, 0.25) is 0 Å². The molecule has 2 heteroatoms. The minimum atomic E-state index is 0.124. The first-order chi connectivity index (χ1) is 27.7. The van der Waals surface area contributed by atoms with E-state index in [1.807, 2.05) is 24.3 Å². The molecule has 0 atom stereocenters. The van der Waals surface area contributed by atoms with Crippen molar-refractivity contribution in [3.05, 3.63) is 181 Å². The minimum absolute atomic E-state index is 0.124. The molecule has 0 aliphatic heterocycles. The van der Waals surface area contributed by atoms with Gasteiger partial charge in [0.05, 0.1) is 11.4 Å². The molecule has 1 heterocycles. The van der Waals surface area contributed by atoms with Crippen LogP contribution in [-0.4, -0.2) is 9.97 Å². The van der Waals surface area contributed by atoms with Crippen LogP contribution in [0.15, 0.2) is 170 Å². The monoisotopic (exact) mass is 718 g/mol. The maximum absolute atomic E-state index is 5.14. The summed E-state index contributed by atoms with van der Waals surface area (Å²) in [6.45, 7) is 0. The molecule has 5 aliphatic carbocycles.